The van der Waals surface area contributed by atoms with E-state index < -0.39 is 21.8 Å². The number of benzene rings is 2. The Morgan fingerprint density at radius 1 is 1.15 bits per heavy atom. The van der Waals surface area contributed by atoms with Crippen LogP contribution in [-0.2, 0) is 10.0 Å². The zero-order valence-corrected chi connectivity index (χ0v) is 15.7. The Balaban J connectivity index is 2.05. The lowest BCUT2D eigenvalue weighted by atomic mass is 10.1. The third kappa shape index (κ3) is 3.83. The van der Waals surface area contributed by atoms with E-state index in [0.29, 0.717) is 10.6 Å². The molecule has 1 aromatic heterocycles. The molecule has 7 nitrogen and oxygen atoms in total. The highest BCUT2D eigenvalue weighted by molar-refractivity contribution is 7.89. The lowest BCUT2D eigenvalue weighted by Crippen LogP contribution is -2.30. The standard InChI is InChI=1S/C16H13Cl2N3O4S/c1-9-19-16(20-25-9)14(10-5-7-11(17)8-6-10)21-26(23,24)13-4-2-3-12(18)15(13)22/h2-8,14,21-22H,1H3. The van der Waals surface area contributed by atoms with Gasteiger partial charge >= 0.3 is 0 Å². The molecule has 1 heterocycles. The minimum atomic E-state index is -4.15. The number of phenolic OH excluding ortho intramolecular Hbond substituents is 1. The van der Waals surface area contributed by atoms with Crippen LogP contribution in [0.4, 0.5) is 0 Å². The fraction of sp³-hybridized carbons (Fsp3) is 0.125. The van der Waals surface area contributed by atoms with Crippen LogP contribution < -0.4 is 4.72 Å². The van der Waals surface area contributed by atoms with Gasteiger partial charge < -0.3 is 9.63 Å². The molecular weight excluding hydrogens is 401 g/mol. The van der Waals surface area contributed by atoms with Gasteiger partial charge in [-0.1, -0.05) is 46.6 Å². The van der Waals surface area contributed by atoms with Crippen molar-refractivity contribution in [1.82, 2.24) is 14.9 Å². The fourth-order valence-corrected chi connectivity index (χ4v) is 3.95. The number of hydrogen-bond donors (Lipinski definition) is 2. The number of para-hydroxylation sites is 1. The van der Waals surface area contributed by atoms with Crippen LogP contribution >= 0.6 is 23.2 Å². The lowest BCUT2D eigenvalue weighted by Gasteiger charge is -2.17. The van der Waals surface area contributed by atoms with Gasteiger partial charge in [0.15, 0.2) is 11.6 Å². The molecule has 2 aromatic carbocycles. The van der Waals surface area contributed by atoms with E-state index in [1.54, 1.807) is 31.2 Å². The van der Waals surface area contributed by atoms with Gasteiger partial charge in [0, 0.05) is 11.9 Å². The fourth-order valence-electron chi connectivity index (χ4n) is 2.29. The van der Waals surface area contributed by atoms with Gasteiger partial charge in [0.05, 0.1) is 5.02 Å². The number of sulfonamides is 1. The van der Waals surface area contributed by atoms with Gasteiger partial charge in [0.2, 0.25) is 15.9 Å². The van der Waals surface area contributed by atoms with E-state index in [2.05, 4.69) is 14.9 Å². The third-order valence-corrected chi connectivity index (χ3v) is 5.53. The average Bonchev–Trinajstić information content (AvgIpc) is 3.02. The Morgan fingerprint density at radius 2 is 1.85 bits per heavy atom. The molecule has 1 unspecified atom stereocenters. The van der Waals surface area contributed by atoms with E-state index in [4.69, 9.17) is 27.7 Å². The quantitative estimate of drug-likeness (QED) is 0.663. The first-order valence-electron chi connectivity index (χ1n) is 7.33. The third-order valence-electron chi connectivity index (χ3n) is 3.52. The number of rotatable bonds is 5. The van der Waals surface area contributed by atoms with Crippen LogP contribution in [0.25, 0.3) is 0 Å². The first kappa shape index (κ1) is 18.7. The summed E-state index contributed by atoms with van der Waals surface area (Å²) in [5, 5.41) is 14.2. The zero-order valence-electron chi connectivity index (χ0n) is 13.3. The number of aryl methyl sites for hydroxylation is 1. The lowest BCUT2D eigenvalue weighted by molar-refractivity contribution is 0.384. The number of aromatic hydroxyl groups is 1. The second kappa shape index (κ2) is 7.24. The van der Waals surface area contributed by atoms with Gasteiger partial charge in [-0.2, -0.15) is 9.71 Å². The zero-order chi connectivity index (χ0) is 18.9. The SMILES string of the molecule is Cc1nc(C(NS(=O)(=O)c2cccc(Cl)c2O)c2ccc(Cl)cc2)no1. The summed E-state index contributed by atoms with van der Waals surface area (Å²) in [5.74, 6) is -0.139. The van der Waals surface area contributed by atoms with Crippen LogP contribution in [0.3, 0.4) is 0 Å². The van der Waals surface area contributed by atoms with Crippen molar-refractivity contribution < 1.29 is 18.0 Å². The van der Waals surface area contributed by atoms with Gasteiger partial charge in [-0.05, 0) is 29.8 Å². The number of hydrogen-bond acceptors (Lipinski definition) is 6. The Labute approximate surface area is 159 Å². The number of phenols is 1. The maximum atomic E-state index is 12.8. The topological polar surface area (TPSA) is 105 Å². The molecule has 0 bridgehead atoms. The molecule has 2 N–H and O–H groups in total. The second-order valence-corrected chi connectivity index (χ2v) is 7.89. The number of halogens is 2. The summed E-state index contributed by atoms with van der Waals surface area (Å²) in [6.45, 7) is 1.59. The Hall–Kier alpha value is -2.13. The summed E-state index contributed by atoms with van der Waals surface area (Å²) in [6.07, 6.45) is 0. The number of aromatic nitrogens is 2. The van der Waals surface area contributed by atoms with Gasteiger partial charge in [0.1, 0.15) is 10.9 Å². The molecule has 10 heteroatoms. The first-order chi connectivity index (χ1) is 12.3. The summed E-state index contributed by atoms with van der Waals surface area (Å²) in [6, 6.07) is 9.60. The van der Waals surface area contributed by atoms with Crippen molar-refractivity contribution in [2.45, 2.75) is 17.9 Å². The van der Waals surface area contributed by atoms with E-state index in [-0.39, 0.29) is 21.6 Å². The van der Waals surface area contributed by atoms with E-state index in [1.807, 2.05) is 0 Å². The first-order valence-corrected chi connectivity index (χ1v) is 9.57. The molecule has 0 saturated heterocycles. The maximum absolute atomic E-state index is 12.8. The Morgan fingerprint density at radius 3 is 2.46 bits per heavy atom. The van der Waals surface area contributed by atoms with Crippen molar-refractivity contribution in [3.8, 4) is 5.75 Å². The van der Waals surface area contributed by atoms with Crippen LogP contribution in [0, 0.1) is 6.92 Å². The molecule has 0 fully saturated rings. The maximum Gasteiger partial charge on any atom is 0.245 e. The van der Waals surface area contributed by atoms with Crippen LogP contribution in [-0.4, -0.2) is 23.7 Å². The van der Waals surface area contributed by atoms with Gasteiger partial charge in [-0.15, -0.1) is 0 Å². The molecule has 0 amide bonds. The van der Waals surface area contributed by atoms with E-state index >= 15 is 0 Å². The van der Waals surface area contributed by atoms with Crippen LogP contribution in [0.1, 0.15) is 23.3 Å². The smallest absolute Gasteiger partial charge is 0.245 e. The Kier molecular flexibility index (Phi) is 5.19. The number of nitrogens with one attached hydrogen (secondary N) is 1. The van der Waals surface area contributed by atoms with Crippen molar-refractivity contribution in [3.63, 3.8) is 0 Å². The number of nitrogens with zero attached hydrogens (tertiary/aromatic N) is 2. The predicted molar refractivity (Wildman–Crippen MR) is 95.8 cm³/mol. The summed E-state index contributed by atoms with van der Waals surface area (Å²) in [7, 11) is -4.15. The van der Waals surface area contributed by atoms with Crippen molar-refractivity contribution in [3.05, 3.63) is 69.8 Å². The monoisotopic (exact) mass is 413 g/mol. The van der Waals surface area contributed by atoms with E-state index in [1.165, 1.54) is 18.2 Å². The van der Waals surface area contributed by atoms with E-state index in [9.17, 15) is 13.5 Å². The molecule has 3 rings (SSSR count). The molecule has 1 atom stereocenters. The Bertz CT molecular complexity index is 1040. The van der Waals surface area contributed by atoms with Crippen LogP contribution in [0.2, 0.25) is 10.0 Å². The highest BCUT2D eigenvalue weighted by Gasteiger charge is 2.28. The minimum absolute atomic E-state index is 0.0775. The van der Waals surface area contributed by atoms with Crippen molar-refractivity contribution in [1.29, 1.82) is 0 Å². The molecular formula is C16H13Cl2N3O4S. The van der Waals surface area contributed by atoms with Gasteiger partial charge in [-0.25, -0.2) is 8.42 Å². The molecule has 0 aliphatic carbocycles. The average molecular weight is 414 g/mol. The second-order valence-electron chi connectivity index (χ2n) is 5.36. The molecule has 0 radical (unpaired) electrons. The summed E-state index contributed by atoms with van der Waals surface area (Å²) >= 11 is 11.7. The van der Waals surface area contributed by atoms with Gasteiger partial charge in [0.25, 0.3) is 0 Å². The summed E-state index contributed by atoms with van der Waals surface area (Å²) in [4.78, 5) is 3.74. The molecule has 0 aliphatic heterocycles. The molecule has 0 saturated carbocycles. The predicted octanol–water partition coefficient (Wildman–Crippen LogP) is 3.46. The van der Waals surface area contributed by atoms with Crippen molar-refractivity contribution in [2.75, 3.05) is 0 Å². The van der Waals surface area contributed by atoms with Crippen molar-refractivity contribution >= 4 is 33.2 Å². The van der Waals surface area contributed by atoms with Crippen LogP contribution in [0.15, 0.2) is 51.9 Å². The highest BCUT2D eigenvalue weighted by atomic mass is 35.5. The van der Waals surface area contributed by atoms with E-state index in [0.717, 1.165) is 0 Å². The summed E-state index contributed by atoms with van der Waals surface area (Å²) in [5.41, 5.74) is 0.542. The summed E-state index contributed by atoms with van der Waals surface area (Å²) < 4.78 is 33.0. The highest BCUT2D eigenvalue weighted by Crippen LogP contribution is 2.32. The van der Waals surface area contributed by atoms with Crippen LogP contribution in [0.5, 0.6) is 5.75 Å². The van der Waals surface area contributed by atoms with Gasteiger partial charge in [-0.3, -0.25) is 0 Å². The molecule has 0 spiro atoms. The normalized spacial score (nSPS) is 12.9. The minimum Gasteiger partial charge on any atom is -0.505 e. The molecule has 26 heavy (non-hydrogen) atoms. The largest absolute Gasteiger partial charge is 0.505 e. The molecule has 0 aliphatic rings. The molecule has 3 aromatic rings. The molecule has 136 valence electrons. The van der Waals surface area contributed by atoms with Crippen molar-refractivity contribution in [2.24, 2.45) is 0 Å².